The molecule has 3 atom stereocenters. The van der Waals surface area contributed by atoms with Gasteiger partial charge in [-0.25, -0.2) is 8.42 Å². The number of nitrogens with one attached hydrogen (secondary N) is 7. The molecule has 2 fully saturated rings. The highest BCUT2D eigenvalue weighted by Crippen LogP contribution is 2.40. The minimum Gasteiger partial charge on any atom is -0.386 e. The quantitative estimate of drug-likeness (QED) is 0.185. The van der Waals surface area contributed by atoms with E-state index in [0.717, 1.165) is 19.3 Å². The topological polar surface area (TPSA) is 176 Å². The summed E-state index contributed by atoms with van der Waals surface area (Å²) < 4.78 is 24.9. The van der Waals surface area contributed by atoms with E-state index in [1.165, 1.54) is 18.2 Å². The molecule has 2 aromatic carbocycles. The summed E-state index contributed by atoms with van der Waals surface area (Å²) in [7, 11) is 1.47. The van der Waals surface area contributed by atoms with Crippen LogP contribution in [-0.2, 0) is 9.84 Å². The summed E-state index contributed by atoms with van der Waals surface area (Å²) in [6, 6.07) is 6.39. The van der Waals surface area contributed by atoms with E-state index in [2.05, 4.69) is 43.3 Å². The molecule has 2 heterocycles. The van der Waals surface area contributed by atoms with Gasteiger partial charge in [-0.15, -0.1) is 0 Å². The van der Waals surface area contributed by atoms with Crippen molar-refractivity contribution in [3.63, 3.8) is 0 Å². The standard InChI is InChI=1S/C28H38N8O4S/c1-30-24(18-11-17(41(4,39)40)6-5-16(18)13-29)19-12-20(27(37)21-14-33-7-9-35-21)25(31-2)26(32-3)23(19)28(38)22-15-34-8-10-36-22/h5-6,11-12,21-22,24,30-36H,7-10,14-15H2,1-4H3. The number of hydrogen-bond acceptors (Lipinski definition) is 12. The number of sulfone groups is 1. The third-order valence-corrected chi connectivity index (χ3v) is 8.68. The monoisotopic (exact) mass is 582 g/mol. The van der Waals surface area contributed by atoms with Crippen LogP contribution in [0, 0.1) is 11.3 Å². The number of ketones is 2. The van der Waals surface area contributed by atoms with E-state index in [-0.39, 0.29) is 22.0 Å². The van der Waals surface area contributed by atoms with Crippen LogP contribution in [0.1, 0.15) is 43.4 Å². The number of nitriles is 1. The van der Waals surface area contributed by atoms with Crippen LogP contribution < -0.4 is 37.2 Å². The summed E-state index contributed by atoms with van der Waals surface area (Å²) in [6.07, 6.45) is 1.10. The van der Waals surface area contributed by atoms with Gasteiger partial charge in [-0.1, -0.05) is 0 Å². The molecule has 0 aromatic heterocycles. The number of nitrogens with zero attached hydrogens (tertiary/aromatic N) is 1. The Bertz CT molecular complexity index is 1460. The number of anilines is 2. The molecule has 12 nitrogen and oxygen atoms in total. The van der Waals surface area contributed by atoms with E-state index in [9.17, 15) is 23.3 Å². The van der Waals surface area contributed by atoms with Gasteiger partial charge in [0.25, 0.3) is 0 Å². The highest BCUT2D eigenvalue weighted by molar-refractivity contribution is 7.90. The zero-order valence-electron chi connectivity index (χ0n) is 23.8. The minimum absolute atomic E-state index is 0.0484. The number of carbonyl (C=O) groups is 2. The van der Waals surface area contributed by atoms with Crippen molar-refractivity contribution in [3.05, 3.63) is 52.1 Å². The third-order valence-electron chi connectivity index (χ3n) is 7.57. The highest BCUT2D eigenvalue weighted by Gasteiger charge is 2.35. The van der Waals surface area contributed by atoms with Crippen LogP contribution in [0.5, 0.6) is 0 Å². The molecule has 2 aliphatic rings. The van der Waals surface area contributed by atoms with Gasteiger partial charge < -0.3 is 37.2 Å². The Kier molecular flexibility index (Phi) is 9.75. The molecule has 3 unspecified atom stereocenters. The molecular formula is C28H38N8O4S. The molecule has 4 rings (SSSR count). The number of benzene rings is 2. The van der Waals surface area contributed by atoms with Crippen molar-refractivity contribution in [1.82, 2.24) is 26.6 Å². The largest absolute Gasteiger partial charge is 0.386 e. The van der Waals surface area contributed by atoms with Gasteiger partial charge in [0.05, 0.1) is 46.0 Å². The van der Waals surface area contributed by atoms with E-state index in [1.807, 2.05) is 0 Å². The molecule has 0 spiro atoms. The summed E-state index contributed by atoms with van der Waals surface area (Å²) in [6.45, 7) is 3.61. The summed E-state index contributed by atoms with van der Waals surface area (Å²) >= 11 is 0. The first-order valence-electron chi connectivity index (χ1n) is 13.6. The van der Waals surface area contributed by atoms with Crippen molar-refractivity contribution >= 4 is 32.8 Å². The summed E-state index contributed by atoms with van der Waals surface area (Å²) in [5, 5.41) is 32.5. The highest BCUT2D eigenvalue weighted by atomic mass is 32.2. The predicted octanol–water partition coefficient (Wildman–Crippen LogP) is -0.158. The first-order valence-corrected chi connectivity index (χ1v) is 15.5. The minimum atomic E-state index is -3.59. The smallest absolute Gasteiger partial charge is 0.183 e. The lowest BCUT2D eigenvalue weighted by Crippen LogP contribution is -2.53. The van der Waals surface area contributed by atoms with Crippen molar-refractivity contribution in [2.24, 2.45) is 0 Å². The Hall–Kier alpha value is -3.38. The van der Waals surface area contributed by atoms with Gasteiger partial charge in [0.2, 0.25) is 0 Å². The maximum absolute atomic E-state index is 14.2. The summed E-state index contributed by atoms with van der Waals surface area (Å²) in [5.74, 6) is -0.349. The average Bonchev–Trinajstić information content (AvgIpc) is 3.00. The molecule has 0 radical (unpaired) electrons. The molecule has 2 aromatic rings. The number of rotatable bonds is 10. The normalized spacial score (nSPS) is 20.1. The van der Waals surface area contributed by atoms with Crippen LogP contribution in [0.3, 0.4) is 0 Å². The van der Waals surface area contributed by atoms with Crippen LogP contribution >= 0.6 is 0 Å². The molecule has 0 aliphatic carbocycles. The van der Waals surface area contributed by atoms with Gasteiger partial charge in [-0.2, -0.15) is 5.26 Å². The maximum Gasteiger partial charge on any atom is 0.183 e. The molecule has 0 amide bonds. The molecule has 2 aliphatic heterocycles. The van der Waals surface area contributed by atoms with Gasteiger partial charge >= 0.3 is 0 Å². The summed E-state index contributed by atoms with van der Waals surface area (Å²) in [5.41, 5.74) is 2.75. The Morgan fingerprint density at radius 2 is 1.51 bits per heavy atom. The van der Waals surface area contributed by atoms with Crippen LogP contribution in [-0.4, -0.2) is 98.7 Å². The Balaban J connectivity index is 2.02. The fraction of sp³-hybridized carbons (Fsp3) is 0.464. The molecule has 13 heteroatoms. The molecule has 2 saturated heterocycles. The Morgan fingerprint density at radius 1 is 0.902 bits per heavy atom. The van der Waals surface area contributed by atoms with E-state index < -0.39 is 28.0 Å². The Labute approximate surface area is 241 Å². The number of piperazine rings is 2. The van der Waals surface area contributed by atoms with E-state index in [0.29, 0.717) is 59.8 Å². The lowest BCUT2D eigenvalue weighted by Gasteiger charge is -2.31. The van der Waals surface area contributed by atoms with E-state index in [4.69, 9.17) is 0 Å². The fourth-order valence-electron chi connectivity index (χ4n) is 5.53. The fourth-order valence-corrected chi connectivity index (χ4v) is 6.19. The van der Waals surface area contributed by atoms with Gasteiger partial charge in [0.1, 0.15) is 0 Å². The van der Waals surface area contributed by atoms with Crippen molar-refractivity contribution < 1.29 is 18.0 Å². The van der Waals surface area contributed by atoms with Crippen molar-refractivity contribution in [2.45, 2.75) is 23.0 Å². The van der Waals surface area contributed by atoms with Crippen LogP contribution in [0.25, 0.3) is 0 Å². The zero-order chi connectivity index (χ0) is 29.7. The Morgan fingerprint density at radius 3 is 2.00 bits per heavy atom. The molecule has 7 N–H and O–H groups in total. The van der Waals surface area contributed by atoms with E-state index in [1.54, 1.807) is 27.2 Å². The molecule has 0 bridgehead atoms. The first kappa shape index (κ1) is 30.6. The first-order chi connectivity index (χ1) is 19.7. The molecule has 220 valence electrons. The predicted molar refractivity (Wildman–Crippen MR) is 159 cm³/mol. The van der Waals surface area contributed by atoms with Gasteiger partial charge in [-0.3, -0.25) is 9.59 Å². The second kappa shape index (κ2) is 13.1. The van der Waals surface area contributed by atoms with Gasteiger partial charge in [0, 0.05) is 70.7 Å². The van der Waals surface area contributed by atoms with Gasteiger partial charge in [0.15, 0.2) is 21.4 Å². The average molecular weight is 583 g/mol. The molecular weight excluding hydrogens is 544 g/mol. The lowest BCUT2D eigenvalue weighted by molar-refractivity contribution is 0.0923. The zero-order valence-corrected chi connectivity index (χ0v) is 24.6. The number of carbonyl (C=O) groups excluding carboxylic acids is 2. The van der Waals surface area contributed by atoms with E-state index >= 15 is 0 Å². The summed E-state index contributed by atoms with van der Waals surface area (Å²) in [4.78, 5) is 28.2. The lowest BCUT2D eigenvalue weighted by atomic mass is 9.84. The van der Waals surface area contributed by atoms with Crippen molar-refractivity contribution in [3.8, 4) is 6.07 Å². The maximum atomic E-state index is 14.2. The van der Waals surface area contributed by atoms with Crippen molar-refractivity contribution in [2.75, 3.05) is 77.3 Å². The SMILES string of the molecule is CNc1c(C(=O)C2CNCCN2)cc(C(NC)c2cc(S(C)(=O)=O)ccc2C#N)c(C(=O)C2CNCCN2)c1NC. The number of hydrogen-bond donors (Lipinski definition) is 7. The number of Topliss-reactive ketones (excluding diaryl/α,β-unsaturated/α-hetero) is 2. The van der Waals surface area contributed by atoms with Crippen LogP contribution in [0.4, 0.5) is 11.4 Å². The second-order valence-electron chi connectivity index (χ2n) is 10.1. The van der Waals surface area contributed by atoms with Gasteiger partial charge in [-0.05, 0) is 42.4 Å². The van der Waals surface area contributed by atoms with Crippen LogP contribution in [0.2, 0.25) is 0 Å². The third kappa shape index (κ3) is 6.28. The second-order valence-corrected chi connectivity index (χ2v) is 12.2. The molecule has 41 heavy (non-hydrogen) atoms. The molecule has 0 saturated carbocycles. The van der Waals surface area contributed by atoms with Crippen molar-refractivity contribution in [1.29, 1.82) is 5.26 Å². The van der Waals surface area contributed by atoms with Crippen LogP contribution in [0.15, 0.2) is 29.2 Å².